The van der Waals surface area contributed by atoms with Crippen molar-refractivity contribution in [3.63, 3.8) is 0 Å². The van der Waals surface area contributed by atoms with Gasteiger partial charge in [-0.25, -0.2) is 8.42 Å². The van der Waals surface area contributed by atoms with Gasteiger partial charge < -0.3 is 10.1 Å². The Labute approximate surface area is 165 Å². The van der Waals surface area contributed by atoms with Crippen molar-refractivity contribution < 1.29 is 17.9 Å². The molecule has 0 aliphatic carbocycles. The van der Waals surface area contributed by atoms with E-state index in [0.717, 1.165) is 16.1 Å². The number of rotatable bonds is 7. The molecule has 8 heteroatoms. The van der Waals surface area contributed by atoms with Crippen LogP contribution >= 0.6 is 11.6 Å². The van der Waals surface area contributed by atoms with E-state index in [9.17, 15) is 13.2 Å². The summed E-state index contributed by atoms with van der Waals surface area (Å²) in [6.07, 6.45) is 1.06. The number of methoxy groups -OCH3 is 1. The van der Waals surface area contributed by atoms with Crippen LogP contribution in [-0.2, 0) is 14.8 Å². The van der Waals surface area contributed by atoms with Crippen molar-refractivity contribution in [2.24, 2.45) is 0 Å². The molecule has 1 N–H and O–H groups in total. The zero-order valence-electron chi connectivity index (χ0n) is 15.6. The number of nitrogens with zero attached hydrogens (tertiary/aromatic N) is 1. The van der Waals surface area contributed by atoms with E-state index in [0.29, 0.717) is 16.5 Å². The Balaban J connectivity index is 2.27. The monoisotopic (exact) mass is 410 g/mol. The number of carbonyl (C=O) groups is 1. The van der Waals surface area contributed by atoms with Gasteiger partial charge in [0.25, 0.3) is 0 Å². The lowest BCUT2D eigenvalue weighted by Gasteiger charge is -2.29. The summed E-state index contributed by atoms with van der Waals surface area (Å²) in [5.41, 5.74) is 1.13. The predicted octanol–water partition coefficient (Wildman–Crippen LogP) is 3.38. The summed E-state index contributed by atoms with van der Waals surface area (Å²) in [6, 6.07) is 12.4. The maximum Gasteiger partial charge on any atom is 0.244 e. The topological polar surface area (TPSA) is 75.7 Å². The predicted molar refractivity (Wildman–Crippen MR) is 108 cm³/mol. The van der Waals surface area contributed by atoms with Crippen LogP contribution in [0.25, 0.3) is 0 Å². The van der Waals surface area contributed by atoms with Gasteiger partial charge in [-0.15, -0.1) is 0 Å². The summed E-state index contributed by atoms with van der Waals surface area (Å²) >= 11 is 5.99. The zero-order chi connectivity index (χ0) is 20.2. The Morgan fingerprint density at radius 1 is 1.15 bits per heavy atom. The number of nitrogens with one attached hydrogen (secondary N) is 1. The number of anilines is 1. The van der Waals surface area contributed by atoms with E-state index in [2.05, 4.69) is 5.32 Å². The van der Waals surface area contributed by atoms with Gasteiger partial charge in [-0.05, 0) is 38.1 Å². The van der Waals surface area contributed by atoms with Gasteiger partial charge in [0, 0.05) is 10.6 Å². The highest BCUT2D eigenvalue weighted by atomic mass is 35.5. The second kappa shape index (κ2) is 8.63. The van der Waals surface area contributed by atoms with Crippen LogP contribution in [0.2, 0.25) is 5.02 Å². The van der Waals surface area contributed by atoms with Crippen LogP contribution in [-0.4, -0.2) is 33.7 Å². The van der Waals surface area contributed by atoms with E-state index < -0.39 is 22.0 Å². The highest BCUT2D eigenvalue weighted by Crippen LogP contribution is 2.26. The molecule has 6 nitrogen and oxygen atoms in total. The molecule has 146 valence electrons. The molecule has 0 heterocycles. The second-order valence-corrected chi connectivity index (χ2v) is 8.48. The molecule has 0 saturated heterocycles. The summed E-state index contributed by atoms with van der Waals surface area (Å²) in [4.78, 5) is 12.8. The van der Waals surface area contributed by atoms with Gasteiger partial charge in [-0.3, -0.25) is 9.10 Å². The van der Waals surface area contributed by atoms with Crippen molar-refractivity contribution in [2.75, 3.05) is 17.7 Å². The normalized spacial score (nSPS) is 13.5. The number of carbonyl (C=O) groups excluding carboxylic acids is 1. The number of ether oxygens (including phenoxy) is 1. The lowest BCUT2D eigenvalue weighted by molar-refractivity contribution is -0.122. The summed E-state index contributed by atoms with van der Waals surface area (Å²) < 4.78 is 31.0. The van der Waals surface area contributed by atoms with Crippen molar-refractivity contribution >= 4 is 33.2 Å². The molecular formula is C19H23ClN2O4S. The number of para-hydroxylation sites is 1. The molecule has 1 amide bonds. The Bertz CT molecular complexity index is 917. The van der Waals surface area contributed by atoms with Crippen LogP contribution < -0.4 is 14.4 Å². The van der Waals surface area contributed by atoms with E-state index >= 15 is 0 Å². The fraction of sp³-hybridized carbons (Fsp3) is 0.316. The first-order valence-electron chi connectivity index (χ1n) is 8.33. The zero-order valence-corrected chi connectivity index (χ0v) is 17.2. The second-order valence-electron chi connectivity index (χ2n) is 6.19. The molecule has 0 saturated carbocycles. The SMILES string of the molecule is COc1ccccc1C(C)NC(=O)C(C)N(c1cccc(Cl)c1)S(C)(=O)=O. The first-order valence-corrected chi connectivity index (χ1v) is 10.6. The third-order valence-corrected chi connectivity index (χ3v) is 5.59. The Morgan fingerprint density at radius 3 is 2.41 bits per heavy atom. The van der Waals surface area contributed by atoms with E-state index in [1.54, 1.807) is 31.4 Å². The molecule has 2 aromatic rings. The molecule has 2 rings (SSSR count). The van der Waals surface area contributed by atoms with Gasteiger partial charge in [0.2, 0.25) is 15.9 Å². The molecule has 2 atom stereocenters. The van der Waals surface area contributed by atoms with Crippen LogP contribution in [0.15, 0.2) is 48.5 Å². The largest absolute Gasteiger partial charge is 0.496 e. The van der Waals surface area contributed by atoms with Gasteiger partial charge in [0.15, 0.2) is 0 Å². The van der Waals surface area contributed by atoms with Gasteiger partial charge in [-0.1, -0.05) is 35.9 Å². The first-order chi connectivity index (χ1) is 12.6. The molecule has 0 bridgehead atoms. The summed E-state index contributed by atoms with van der Waals surface area (Å²) in [6.45, 7) is 3.35. The van der Waals surface area contributed by atoms with Crippen molar-refractivity contribution in [3.05, 3.63) is 59.1 Å². The fourth-order valence-corrected chi connectivity index (χ4v) is 4.21. The van der Waals surface area contributed by atoms with Crippen LogP contribution in [0, 0.1) is 0 Å². The Kier molecular flexibility index (Phi) is 6.73. The lowest BCUT2D eigenvalue weighted by atomic mass is 10.1. The number of sulfonamides is 1. The summed E-state index contributed by atoms with van der Waals surface area (Å²) in [5, 5.41) is 3.23. The minimum Gasteiger partial charge on any atom is -0.496 e. The molecule has 2 aromatic carbocycles. The molecular weight excluding hydrogens is 388 g/mol. The van der Waals surface area contributed by atoms with Crippen LogP contribution in [0.4, 0.5) is 5.69 Å². The van der Waals surface area contributed by atoms with Crippen LogP contribution in [0.3, 0.4) is 0 Å². The summed E-state index contributed by atoms with van der Waals surface area (Å²) in [5.74, 6) is 0.214. The molecule has 0 aromatic heterocycles. The number of amides is 1. The molecule has 0 radical (unpaired) electrons. The minimum atomic E-state index is -3.70. The Hall–Kier alpha value is -2.25. The lowest BCUT2D eigenvalue weighted by Crippen LogP contribution is -2.48. The van der Waals surface area contributed by atoms with Crippen molar-refractivity contribution in [3.8, 4) is 5.75 Å². The molecule has 0 aliphatic rings. The minimum absolute atomic E-state index is 0.331. The average molecular weight is 411 g/mol. The van der Waals surface area contributed by atoms with Crippen molar-refractivity contribution in [2.45, 2.75) is 25.9 Å². The summed E-state index contributed by atoms with van der Waals surface area (Å²) in [7, 11) is -2.15. The standard InChI is InChI=1S/C19H23ClN2O4S/c1-13(17-10-5-6-11-18(17)26-3)21-19(23)14(2)22(27(4,24)25)16-9-7-8-15(20)12-16/h5-14H,1-4H3,(H,21,23). The van der Waals surface area contributed by atoms with Gasteiger partial charge in [-0.2, -0.15) is 0 Å². The highest BCUT2D eigenvalue weighted by Gasteiger charge is 2.30. The highest BCUT2D eigenvalue weighted by molar-refractivity contribution is 7.92. The molecule has 0 spiro atoms. The van der Waals surface area contributed by atoms with Crippen LogP contribution in [0.1, 0.15) is 25.5 Å². The Morgan fingerprint density at radius 2 is 1.81 bits per heavy atom. The number of benzene rings is 2. The number of hydrogen-bond acceptors (Lipinski definition) is 4. The quantitative estimate of drug-likeness (QED) is 0.759. The third kappa shape index (κ3) is 5.14. The maximum absolute atomic E-state index is 12.8. The fourth-order valence-electron chi connectivity index (χ4n) is 2.86. The smallest absolute Gasteiger partial charge is 0.244 e. The molecule has 2 unspecified atom stereocenters. The van der Waals surface area contributed by atoms with Crippen molar-refractivity contribution in [1.82, 2.24) is 5.32 Å². The van der Waals surface area contributed by atoms with Crippen LogP contribution in [0.5, 0.6) is 5.75 Å². The maximum atomic E-state index is 12.8. The van der Waals surface area contributed by atoms with Gasteiger partial charge in [0.05, 0.1) is 25.1 Å². The van der Waals surface area contributed by atoms with Gasteiger partial charge >= 0.3 is 0 Å². The van der Waals surface area contributed by atoms with E-state index in [1.807, 2.05) is 25.1 Å². The number of hydrogen-bond donors (Lipinski definition) is 1. The average Bonchev–Trinajstić information content (AvgIpc) is 2.60. The van der Waals surface area contributed by atoms with E-state index in [4.69, 9.17) is 16.3 Å². The van der Waals surface area contributed by atoms with Crippen molar-refractivity contribution in [1.29, 1.82) is 0 Å². The third-order valence-electron chi connectivity index (χ3n) is 4.12. The molecule has 0 aliphatic heterocycles. The van der Waals surface area contributed by atoms with E-state index in [-0.39, 0.29) is 6.04 Å². The number of halogens is 1. The van der Waals surface area contributed by atoms with E-state index in [1.165, 1.54) is 13.0 Å². The first kappa shape index (κ1) is 21.1. The van der Waals surface area contributed by atoms with Gasteiger partial charge in [0.1, 0.15) is 11.8 Å². The molecule has 27 heavy (non-hydrogen) atoms. The molecule has 0 fully saturated rings.